The fraction of sp³-hybridized carbons (Fsp3) is 0.800. The van der Waals surface area contributed by atoms with E-state index in [2.05, 4.69) is 0 Å². The molecule has 2 unspecified atom stereocenters. The molecule has 106 valence electrons. The second kappa shape index (κ2) is 6.03. The Morgan fingerprint density at radius 2 is 1.89 bits per heavy atom. The normalized spacial score (nSPS) is 16.8. The molecule has 0 heterocycles. The van der Waals surface area contributed by atoms with Crippen LogP contribution in [-0.2, 0) is 9.59 Å². The first-order chi connectivity index (χ1) is 8.04. The van der Waals surface area contributed by atoms with Crippen LogP contribution in [0.1, 0.15) is 33.1 Å². The second-order valence-electron chi connectivity index (χ2n) is 4.21. The van der Waals surface area contributed by atoms with Crippen molar-refractivity contribution in [1.29, 1.82) is 0 Å². The van der Waals surface area contributed by atoms with E-state index < -0.39 is 29.6 Å². The van der Waals surface area contributed by atoms with Gasteiger partial charge in [0.2, 0.25) is 5.91 Å². The largest absolute Gasteiger partial charge is 0.480 e. The highest BCUT2D eigenvalue weighted by atomic mass is 19.4. The van der Waals surface area contributed by atoms with Crippen molar-refractivity contribution in [3.05, 3.63) is 0 Å². The lowest BCUT2D eigenvalue weighted by atomic mass is 10.0. The minimum atomic E-state index is -4.94. The number of alkyl halides is 3. The summed E-state index contributed by atoms with van der Waals surface area (Å²) in [5, 5.41) is 10.6. The summed E-state index contributed by atoms with van der Waals surface area (Å²) in [7, 11) is 0. The lowest BCUT2D eigenvalue weighted by Gasteiger charge is -2.27. The van der Waals surface area contributed by atoms with E-state index in [1.165, 1.54) is 0 Å². The molecule has 4 N–H and O–H groups in total. The summed E-state index contributed by atoms with van der Waals surface area (Å²) >= 11 is 0. The number of carboxylic acid groups (broad SMARTS) is 1. The van der Waals surface area contributed by atoms with E-state index in [0.717, 1.165) is 0 Å². The minimum Gasteiger partial charge on any atom is -0.480 e. The van der Waals surface area contributed by atoms with Crippen LogP contribution in [0.15, 0.2) is 0 Å². The molecule has 2 atom stereocenters. The lowest BCUT2D eigenvalue weighted by Crippen LogP contribution is -2.63. The Bertz CT molecular complexity index is 316. The Morgan fingerprint density at radius 1 is 1.39 bits per heavy atom. The molecule has 0 spiro atoms. The van der Waals surface area contributed by atoms with Crippen LogP contribution in [0.25, 0.3) is 0 Å². The zero-order valence-electron chi connectivity index (χ0n) is 10.2. The number of nitrogens with one attached hydrogen (secondary N) is 1. The van der Waals surface area contributed by atoms with Gasteiger partial charge in [-0.1, -0.05) is 19.8 Å². The highest BCUT2D eigenvalue weighted by Gasteiger charge is 2.54. The molecule has 0 aromatic rings. The van der Waals surface area contributed by atoms with Crippen LogP contribution < -0.4 is 11.1 Å². The van der Waals surface area contributed by atoms with Gasteiger partial charge in [0.25, 0.3) is 0 Å². The topological polar surface area (TPSA) is 92.4 Å². The number of carbonyl (C=O) groups excluding carboxylic acids is 1. The van der Waals surface area contributed by atoms with Gasteiger partial charge < -0.3 is 16.2 Å². The Balaban J connectivity index is 4.75. The van der Waals surface area contributed by atoms with E-state index in [1.807, 2.05) is 5.32 Å². The molecule has 8 heteroatoms. The number of aliphatic carboxylic acids is 1. The van der Waals surface area contributed by atoms with Crippen LogP contribution in [0.2, 0.25) is 0 Å². The highest BCUT2D eigenvalue weighted by Crippen LogP contribution is 2.28. The van der Waals surface area contributed by atoms with Crippen LogP contribution in [0.4, 0.5) is 13.2 Å². The molecule has 0 saturated heterocycles. The summed E-state index contributed by atoms with van der Waals surface area (Å²) < 4.78 is 37.4. The molecule has 0 aromatic heterocycles. The van der Waals surface area contributed by atoms with Crippen LogP contribution in [0, 0.1) is 0 Å². The van der Waals surface area contributed by atoms with E-state index >= 15 is 0 Å². The highest BCUT2D eigenvalue weighted by molar-refractivity contribution is 5.90. The van der Waals surface area contributed by atoms with Crippen LogP contribution in [0.5, 0.6) is 0 Å². The molecule has 0 aliphatic rings. The van der Waals surface area contributed by atoms with Crippen LogP contribution >= 0.6 is 0 Å². The third kappa shape index (κ3) is 4.17. The quantitative estimate of drug-likeness (QED) is 0.672. The number of amides is 1. The van der Waals surface area contributed by atoms with Gasteiger partial charge in [-0.25, -0.2) is 4.79 Å². The Kier molecular flexibility index (Phi) is 5.59. The van der Waals surface area contributed by atoms with E-state index in [9.17, 15) is 22.8 Å². The average Bonchev–Trinajstić information content (AvgIpc) is 2.21. The van der Waals surface area contributed by atoms with Gasteiger partial charge in [-0.2, -0.15) is 13.2 Å². The fourth-order valence-electron chi connectivity index (χ4n) is 1.10. The van der Waals surface area contributed by atoms with Crippen LogP contribution in [-0.4, -0.2) is 34.7 Å². The van der Waals surface area contributed by atoms with Crippen molar-refractivity contribution in [2.45, 2.75) is 50.9 Å². The molecule has 5 nitrogen and oxygen atoms in total. The maximum Gasteiger partial charge on any atom is 0.415 e. The van der Waals surface area contributed by atoms with Crippen molar-refractivity contribution in [3.63, 3.8) is 0 Å². The number of rotatable bonds is 6. The number of halogens is 3. The summed E-state index contributed by atoms with van der Waals surface area (Å²) in [5.41, 5.74) is 1.78. The third-order valence-corrected chi connectivity index (χ3v) is 2.51. The van der Waals surface area contributed by atoms with Crippen molar-refractivity contribution < 1.29 is 27.9 Å². The molecular weight excluding hydrogens is 253 g/mol. The SMILES string of the molecule is CCCCC(NC(=O)C(C)(N)C(F)(F)F)C(=O)O. The van der Waals surface area contributed by atoms with Gasteiger partial charge in [0.05, 0.1) is 0 Å². The zero-order chi connectivity index (χ0) is 14.6. The van der Waals surface area contributed by atoms with Crippen molar-refractivity contribution in [2.24, 2.45) is 5.73 Å². The van der Waals surface area contributed by atoms with Crippen molar-refractivity contribution in [2.75, 3.05) is 0 Å². The predicted octanol–water partition coefficient (Wildman–Crippen LogP) is 1.03. The van der Waals surface area contributed by atoms with Gasteiger partial charge in [-0.3, -0.25) is 4.79 Å². The molecule has 0 aliphatic carbocycles. The summed E-state index contributed by atoms with van der Waals surface area (Å²) in [5.74, 6) is -2.92. The van der Waals surface area contributed by atoms with Gasteiger partial charge in [-0.05, 0) is 13.3 Å². The Hall–Kier alpha value is -1.31. The summed E-state index contributed by atoms with van der Waals surface area (Å²) in [4.78, 5) is 22.2. The van der Waals surface area contributed by atoms with Crippen molar-refractivity contribution in [1.82, 2.24) is 5.32 Å². The average molecular weight is 270 g/mol. The molecule has 0 bridgehead atoms. The molecule has 0 saturated carbocycles. The van der Waals surface area contributed by atoms with E-state index in [1.54, 1.807) is 6.92 Å². The molecule has 0 rings (SSSR count). The smallest absolute Gasteiger partial charge is 0.415 e. The fourth-order valence-corrected chi connectivity index (χ4v) is 1.10. The van der Waals surface area contributed by atoms with Gasteiger partial charge in [0.1, 0.15) is 6.04 Å². The Labute approximate surface area is 103 Å². The van der Waals surface area contributed by atoms with Gasteiger partial charge in [0.15, 0.2) is 5.54 Å². The number of hydrogen-bond donors (Lipinski definition) is 3. The molecule has 0 radical (unpaired) electrons. The van der Waals surface area contributed by atoms with Gasteiger partial charge in [-0.15, -0.1) is 0 Å². The van der Waals surface area contributed by atoms with E-state index in [0.29, 0.717) is 19.8 Å². The zero-order valence-corrected chi connectivity index (χ0v) is 10.2. The standard InChI is InChI=1S/C10H17F3N2O3/c1-3-4-5-6(7(16)17)15-8(18)9(2,14)10(11,12)13/h6H,3-5,14H2,1-2H3,(H,15,18)(H,16,17). The molecular formula is C10H17F3N2O3. The summed E-state index contributed by atoms with van der Waals surface area (Å²) in [6.45, 7) is 2.30. The third-order valence-electron chi connectivity index (χ3n) is 2.51. The van der Waals surface area contributed by atoms with Crippen molar-refractivity contribution >= 4 is 11.9 Å². The maximum atomic E-state index is 12.5. The van der Waals surface area contributed by atoms with E-state index in [-0.39, 0.29) is 6.42 Å². The first-order valence-electron chi connectivity index (χ1n) is 5.43. The first kappa shape index (κ1) is 16.7. The number of carboxylic acids is 1. The summed E-state index contributed by atoms with van der Waals surface area (Å²) in [6, 6.07) is -1.36. The van der Waals surface area contributed by atoms with E-state index in [4.69, 9.17) is 10.8 Å². The molecule has 18 heavy (non-hydrogen) atoms. The number of carbonyl (C=O) groups is 2. The molecule has 0 fully saturated rings. The van der Waals surface area contributed by atoms with Gasteiger partial charge >= 0.3 is 12.1 Å². The lowest BCUT2D eigenvalue weighted by molar-refractivity contribution is -0.188. The Morgan fingerprint density at radius 3 is 2.22 bits per heavy atom. The monoisotopic (exact) mass is 270 g/mol. The number of nitrogens with two attached hydrogens (primary N) is 1. The first-order valence-corrected chi connectivity index (χ1v) is 5.43. The summed E-state index contributed by atoms with van der Waals surface area (Å²) in [6.07, 6.45) is -3.74. The predicted molar refractivity (Wildman–Crippen MR) is 57.7 cm³/mol. The van der Waals surface area contributed by atoms with Crippen molar-refractivity contribution in [3.8, 4) is 0 Å². The minimum absolute atomic E-state index is 0.0610. The molecule has 0 aliphatic heterocycles. The maximum absolute atomic E-state index is 12.5. The second-order valence-corrected chi connectivity index (χ2v) is 4.21. The number of hydrogen-bond acceptors (Lipinski definition) is 3. The van der Waals surface area contributed by atoms with Gasteiger partial charge in [0, 0.05) is 0 Å². The van der Waals surface area contributed by atoms with Crippen LogP contribution in [0.3, 0.4) is 0 Å². The molecule has 0 aromatic carbocycles. The number of unbranched alkanes of at least 4 members (excludes halogenated alkanes) is 1. The molecule has 1 amide bonds.